The average Bonchev–Trinajstić information content (AvgIpc) is 2.90. The van der Waals surface area contributed by atoms with Crippen LogP contribution in [0.15, 0.2) is 28.7 Å². The van der Waals surface area contributed by atoms with Crippen LogP contribution in [0.5, 0.6) is 0 Å². The van der Waals surface area contributed by atoms with Crippen molar-refractivity contribution in [3.8, 4) is 0 Å². The zero-order valence-corrected chi connectivity index (χ0v) is 10.5. The van der Waals surface area contributed by atoms with Crippen LogP contribution in [0.2, 0.25) is 0 Å². The molecule has 2 rings (SSSR count). The quantitative estimate of drug-likeness (QED) is 0.729. The molecule has 2 heteroatoms. The van der Waals surface area contributed by atoms with Gasteiger partial charge in [0.2, 0.25) is 0 Å². The highest BCUT2D eigenvalue weighted by atomic mass is 79.9. The summed E-state index contributed by atoms with van der Waals surface area (Å²) in [7, 11) is 0. The van der Waals surface area contributed by atoms with Crippen LogP contribution in [0.25, 0.3) is 0 Å². The van der Waals surface area contributed by atoms with E-state index in [1.165, 1.54) is 22.9 Å². The van der Waals surface area contributed by atoms with Crippen molar-refractivity contribution >= 4 is 31.9 Å². The Bertz CT molecular complexity index is 292. The monoisotopic (exact) mass is 302 g/mol. The Morgan fingerprint density at radius 2 is 2.15 bits per heavy atom. The van der Waals surface area contributed by atoms with Crippen LogP contribution in [0, 0.1) is 5.92 Å². The van der Waals surface area contributed by atoms with E-state index >= 15 is 0 Å². The van der Waals surface area contributed by atoms with E-state index in [9.17, 15) is 0 Å². The zero-order valence-electron chi connectivity index (χ0n) is 7.34. The van der Waals surface area contributed by atoms with Crippen molar-refractivity contribution in [1.82, 2.24) is 0 Å². The first kappa shape index (κ1) is 9.72. The van der Waals surface area contributed by atoms with Crippen molar-refractivity contribution < 1.29 is 0 Å². The van der Waals surface area contributed by atoms with Crippen molar-refractivity contribution in [2.75, 3.05) is 5.33 Å². The number of rotatable bonds is 3. The van der Waals surface area contributed by atoms with Gasteiger partial charge in [-0.25, -0.2) is 0 Å². The Labute approximate surface area is 96.0 Å². The highest BCUT2D eigenvalue weighted by Gasteiger charge is 2.31. The maximum atomic E-state index is 3.60. The Balaban J connectivity index is 2.21. The maximum absolute atomic E-state index is 3.60. The minimum Gasteiger partial charge on any atom is -0.0921 e. The molecular weight excluding hydrogens is 292 g/mol. The second kappa shape index (κ2) is 4.14. The summed E-state index contributed by atoms with van der Waals surface area (Å²) in [4.78, 5) is 0. The summed E-state index contributed by atoms with van der Waals surface area (Å²) < 4.78 is 1.19. The Hall–Kier alpha value is 0.180. The lowest BCUT2D eigenvalue weighted by Crippen LogP contribution is -2.02. The second-order valence-electron chi connectivity index (χ2n) is 3.65. The largest absolute Gasteiger partial charge is 0.0921 e. The predicted molar refractivity (Wildman–Crippen MR) is 63.4 cm³/mol. The first-order valence-electron chi connectivity index (χ1n) is 4.62. The van der Waals surface area contributed by atoms with Crippen molar-refractivity contribution in [3.63, 3.8) is 0 Å². The molecule has 1 unspecified atom stereocenters. The van der Waals surface area contributed by atoms with Crippen LogP contribution in [0.3, 0.4) is 0 Å². The van der Waals surface area contributed by atoms with Gasteiger partial charge in [0.25, 0.3) is 0 Å². The van der Waals surface area contributed by atoms with E-state index in [-0.39, 0.29) is 0 Å². The molecular formula is C11H12Br2. The van der Waals surface area contributed by atoms with Gasteiger partial charge in [-0.15, -0.1) is 0 Å². The molecule has 0 aromatic heterocycles. The molecule has 13 heavy (non-hydrogen) atoms. The number of hydrogen-bond donors (Lipinski definition) is 0. The van der Waals surface area contributed by atoms with Gasteiger partial charge in [0.15, 0.2) is 0 Å². The van der Waals surface area contributed by atoms with E-state index in [0.29, 0.717) is 0 Å². The van der Waals surface area contributed by atoms with Crippen LogP contribution in [0.4, 0.5) is 0 Å². The Morgan fingerprint density at radius 1 is 1.38 bits per heavy atom. The van der Waals surface area contributed by atoms with E-state index in [2.05, 4.69) is 56.1 Å². The first-order valence-corrected chi connectivity index (χ1v) is 6.54. The lowest BCUT2D eigenvalue weighted by molar-refractivity contribution is 0.677. The molecule has 0 N–H and O–H groups in total. The summed E-state index contributed by atoms with van der Waals surface area (Å²) in [5.41, 5.74) is 1.47. The maximum Gasteiger partial charge on any atom is 0.0178 e. The van der Waals surface area contributed by atoms with Gasteiger partial charge >= 0.3 is 0 Å². The summed E-state index contributed by atoms with van der Waals surface area (Å²) in [6.07, 6.45) is 2.81. The topological polar surface area (TPSA) is 0 Å². The highest BCUT2D eigenvalue weighted by Crippen LogP contribution is 2.43. The summed E-state index contributed by atoms with van der Waals surface area (Å²) in [5, 5.41) is 1.09. The van der Waals surface area contributed by atoms with Crippen LogP contribution in [0.1, 0.15) is 24.3 Å². The standard InChI is InChI=1S/C11H12Br2/c12-7-11(8-4-5-8)9-2-1-3-10(13)6-9/h1-3,6,8,11H,4-5,7H2. The molecule has 0 aliphatic heterocycles. The Kier molecular flexibility index (Phi) is 3.10. The van der Waals surface area contributed by atoms with E-state index in [0.717, 1.165) is 17.2 Å². The van der Waals surface area contributed by atoms with Gasteiger partial charge in [-0.05, 0) is 42.4 Å². The lowest BCUT2D eigenvalue weighted by atomic mass is 9.97. The van der Waals surface area contributed by atoms with Gasteiger partial charge in [0.05, 0.1) is 0 Å². The SMILES string of the molecule is BrCC(c1cccc(Br)c1)C1CC1. The smallest absolute Gasteiger partial charge is 0.0178 e. The van der Waals surface area contributed by atoms with Gasteiger partial charge in [0.1, 0.15) is 0 Å². The molecule has 1 saturated carbocycles. The van der Waals surface area contributed by atoms with Crippen molar-refractivity contribution in [1.29, 1.82) is 0 Å². The Morgan fingerprint density at radius 3 is 2.69 bits per heavy atom. The summed E-state index contributed by atoms with van der Waals surface area (Å²) >= 11 is 7.12. The fraction of sp³-hybridized carbons (Fsp3) is 0.455. The summed E-state index contributed by atoms with van der Waals surface area (Å²) in [6, 6.07) is 8.68. The minimum absolute atomic E-state index is 0.720. The fourth-order valence-corrected chi connectivity index (χ4v) is 3.04. The molecule has 0 radical (unpaired) electrons. The average molecular weight is 304 g/mol. The molecule has 0 heterocycles. The molecule has 0 nitrogen and oxygen atoms in total. The van der Waals surface area contributed by atoms with Crippen LogP contribution < -0.4 is 0 Å². The van der Waals surface area contributed by atoms with E-state index in [1.807, 2.05) is 0 Å². The zero-order chi connectivity index (χ0) is 9.26. The van der Waals surface area contributed by atoms with Gasteiger partial charge in [0, 0.05) is 9.80 Å². The van der Waals surface area contributed by atoms with E-state index in [1.54, 1.807) is 0 Å². The van der Waals surface area contributed by atoms with Crippen molar-refractivity contribution in [2.45, 2.75) is 18.8 Å². The molecule has 1 aromatic rings. The molecule has 0 amide bonds. The first-order chi connectivity index (χ1) is 6.31. The molecule has 1 aliphatic rings. The van der Waals surface area contributed by atoms with Crippen LogP contribution >= 0.6 is 31.9 Å². The number of alkyl halides is 1. The highest BCUT2D eigenvalue weighted by molar-refractivity contribution is 9.10. The fourth-order valence-electron chi connectivity index (χ4n) is 1.72. The third-order valence-corrected chi connectivity index (χ3v) is 3.82. The molecule has 0 bridgehead atoms. The van der Waals surface area contributed by atoms with Crippen LogP contribution in [-0.4, -0.2) is 5.33 Å². The normalized spacial score (nSPS) is 18.6. The van der Waals surface area contributed by atoms with Gasteiger partial charge in [-0.1, -0.05) is 44.0 Å². The number of benzene rings is 1. The van der Waals surface area contributed by atoms with Gasteiger partial charge in [-0.2, -0.15) is 0 Å². The summed E-state index contributed by atoms with van der Waals surface area (Å²) in [5.74, 6) is 1.64. The number of hydrogen-bond acceptors (Lipinski definition) is 0. The lowest BCUT2D eigenvalue weighted by Gasteiger charge is -2.13. The van der Waals surface area contributed by atoms with E-state index in [4.69, 9.17) is 0 Å². The molecule has 1 atom stereocenters. The van der Waals surface area contributed by atoms with Gasteiger partial charge in [-0.3, -0.25) is 0 Å². The van der Waals surface area contributed by atoms with Crippen LogP contribution in [-0.2, 0) is 0 Å². The molecule has 1 fully saturated rings. The molecule has 0 spiro atoms. The summed E-state index contributed by atoms with van der Waals surface area (Å²) in [6.45, 7) is 0. The molecule has 0 saturated heterocycles. The number of halogens is 2. The molecule has 1 aromatic carbocycles. The third kappa shape index (κ3) is 2.35. The molecule has 70 valence electrons. The predicted octanol–water partition coefficient (Wildman–Crippen LogP) is 4.34. The van der Waals surface area contributed by atoms with Crippen molar-refractivity contribution in [3.05, 3.63) is 34.3 Å². The van der Waals surface area contributed by atoms with E-state index < -0.39 is 0 Å². The minimum atomic E-state index is 0.720. The van der Waals surface area contributed by atoms with Crippen molar-refractivity contribution in [2.24, 2.45) is 5.92 Å². The molecule has 1 aliphatic carbocycles. The second-order valence-corrected chi connectivity index (χ2v) is 5.22. The van der Waals surface area contributed by atoms with Gasteiger partial charge < -0.3 is 0 Å². The third-order valence-electron chi connectivity index (χ3n) is 2.63.